The first-order valence-electron chi connectivity index (χ1n) is 10.5. The number of amides is 2. The third kappa shape index (κ3) is 5.67. The fraction of sp³-hybridized carbons (Fsp3) is 0.522. The maximum atomic E-state index is 13.0. The molecule has 3 rings (SSSR count). The van der Waals surface area contributed by atoms with Crippen LogP contribution in [0.1, 0.15) is 51.4 Å². The van der Waals surface area contributed by atoms with Crippen LogP contribution in [0.15, 0.2) is 29.8 Å². The van der Waals surface area contributed by atoms with Crippen LogP contribution in [-0.4, -0.2) is 51.5 Å². The van der Waals surface area contributed by atoms with Crippen molar-refractivity contribution in [3.8, 4) is 10.4 Å². The Morgan fingerprint density at radius 2 is 1.91 bits per heavy atom. The maximum Gasteiger partial charge on any atom is 0.243 e. The molecule has 1 saturated heterocycles. The molecule has 1 aromatic heterocycles. The van der Waals surface area contributed by atoms with E-state index in [1.165, 1.54) is 4.90 Å². The standard InChI is InChI=1S/C23H32N4O3S.ClH/c1-13(15-6-8-16(9-7-15)19-14(2)25-12-31-19)26-21(29)18-10-17(28)11-27(18)22(30)20(24)23(3,4)5;/h6-9,12-13,17-18,20,28H,10-11,24H2,1-5H3,(H,26,29);1H/t13?,17-,18+,20-;/m1./s1. The van der Waals surface area contributed by atoms with Crippen molar-refractivity contribution in [2.45, 2.75) is 65.3 Å². The Morgan fingerprint density at radius 3 is 2.44 bits per heavy atom. The van der Waals surface area contributed by atoms with E-state index in [1.807, 2.05) is 64.4 Å². The van der Waals surface area contributed by atoms with Gasteiger partial charge in [0.05, 0.1) is 34.3 Å². The summed E-state index contributed by atoms with van der Waals surface area (Å²) in [5, 5.41) is 13.1. The average Bonchev–Trinajstić information content (AvgIpc) is 3.31. The third-order valence-corrected chi connectivity index (χ3v) is 6.82. The quantitative estimate of drug-likeness (QED) is 0.609. The molecule has 32 heavy (non-hydrogen) atoms. The number of benzene rings is 1. The zero-order valence-corrected chi connectivity index (χ0v) is 20.8. The highest BCUT2D eigenvalue weighted by atomic mass is 35.5. The SMILES string of the molecule is Cc1ncsc1-c1ccc(C(C)NC(=O)[C@@H]2C[C@@H](O)CN2C(=O)[C@@H](N)C(C)(C)C)cc1.Cl. The van der Waals surface area contributed by atoms with Gasteiger partial charge in [-0.1, -0.05) is 45.0 Å². The molecular formula is C23H33ClN4O3S. The van der Waals surface area contributed by atoms with Crippen LogP contribution in [0.25, 0.3) is 10.4 Å². The number of aromatic nitrogens is 1. The summed E-state index contributed by atoms with van der Waals surface area (Å²) in [6.07, 6.45) is -0.519. The highest BCUT2D eigenvalue weighted by Crippen LogP contribution is 2.29. The van der Waals surface area contributed by atoms with Crippen LogP contribution >= 0.6 is 23.7 Å². The molecule has 1 aliphatic rings. The minimum absolute atomic E-state index is 0. The number of thiazole rings is 1. The van der Waals surface area contributed by atoms with Crippen molar-refractivity contribution >= 4 is 35.6 Å². The first-order chi connectivity index (χ1) is 14.5. The summed E-state index contributed by atoms with van der Waals surface area (Å²) in [6, 6.07) is 6.32. The lowest BCUT2D eigenvalue weighted by Crippen LogP contribution is -2.55. The van der Waals surface area contributed by atoms with E-state index in [0.29, 0.717) is 0 Å². The van der Waals surface area contributed by atoms with Crippen molar-refractivity contribution in [1.82, 2.24) is 15.2 Å². The number of carbonyl (C=O) groups is 2. The van der Waals surface area contributed by atoms with Gasteiger partial charge in [0.2, 0.25) is 11.8 Å². The minimum Gasteiger partial charge on any atom is -0.391 e. The molecule has 0 spiro atoms. The number of nitrogens with two attached hydrogens (primary N) is 1. The van der Waals surface area contributed by atoms with Gasteiger partial charge in [0.25, 0.3) is 0 Å². The van der Waals surface area contributed by atoms with Gasteiger partial charge in [-0.2, -0.15) is 0 Å². The molecule has 0 radical (unpaired) electrons. The average molecular weight is 481 g/mol. The van der Waals surface area contributed by atoms with E-state index in [0.717, 1.165) is 21.7 Å². The van der Waals surface area contributed by atoms with Crippen molar-refractivity contribution in [2.24, 2.45) is 11.1 Å². The largest absolute Gasteiger partial charge is 0.391 e. The van der Waals surface area contributed by atoms with E-state index < -0.39 is 23.6 Å². The Bertz CT molecular complexity index is 941. The highest BCUT2D eigenvalue weighted by molar-refractivity contribution is 7.13. The topological polar surface area (TPSA) is 109 Å². The molecule has 0 saturated carbocycles. The number of nitrogens with zero attached hydrogens (tertiary/aromatic N) is 2. The van der Waals surface area contributed by atoms with Crippen molar-refractivity contribution in [3.63, 3.8) is 0 Å². The van der Waals surface area contributed by atoms with E-state index >= 15 is 0 Å². The smallest absolute Gasteiger partial charge is 0.243 e. The van der Waals surface area contributed by atoms with Gasteiger partial charge in [-0.05, 0) is 30.4 Å². The molecule has 1 aromatic carbocycles. The molecule has 1 aliphatic heterocycles. The van der Waals surface area contributed by atoms with Gasteiger partial charge in [-0.15, -0.1) is 23.7 Å². The molecule has 176 valence electrons. The van der Waals surface area contributed by atoms with Crippen LogP contribution in [0, 0.1) is 12.3 Å². The molecule has 2 amide bonds. The Hall–Kier alpha value is -2.00. The summed E-state index contributed by atoms with van der Waals surface area (Å²) in [6.45, 7) is 9.67. The van der Waals surface area contributed by atoms with Crippen molar-refractivity contribution < 1.29 is 14.7 Å². The van der Waals surface area contributed by atoms with Gasteiger partial charge in [-0.25, -0.2) is 4.98 Å². The van der Waals surface area contributed by atoms with E-state index in [-0.39, 0.29) is 43.2 Å². The number of nitrogens with one attached hydrogen (secondary N) is 1. The number of carbonyl (C=O) groups excluding carboxylic acids is 2. The number of β-amino-alcohol motifs (C(OH)–C–C–N with tert-alkyl or cyclic N) is 1. The molecule has 2 heterocycles. The van der Waals surface area contributed by atoms with Gasteiger partial charge in [0.1, 0.15) is 6.04 Å². The number of aryl methyl sites for hydroxylation is 1. The monoisotopic (exact) mass is 480 g/mol. The molecule has 9 heteroatoms. The fourth-order valence-corrected chi connectivity index (χ4v) is 4.56. The van der Waals surface area contributed by atoms with Gasteiger partial charge in [0, 0.05) is 13.0 Å². The summed E-state index contributed by atoms with van der Waals surface area (Å²) < 4.78 is 0. The zero-order valence-electron chi connectivity index (χ0n) is 19.2. The maximum absolute atomic E-state index is 13.0. The Kier molecular flexibility index (Phi) is 8.44. The molecule has 0 aliphatic carbocycles. The number of rotatable bonds is 5. The number of aliphatic hydroxyl groups excluding tert-OH is 1. The number of aliphatic hydroxyl groups is 1. The molecule has 1 unspecified atom stereocenters. The van der Waals surface area contributed by atoms with Crippen LogP contribution in [0.4, 0.5) is 0 Å². The van der Waals surface area contributed by atoms with E-state index in [1.54, 1.807) is 11.3 Å². The normalized spacial score (nSPS) is 20.4. The Labute approximate surface area is 199 Å². The van der Waals surface area contributed by atoms with Gasteiger partial charge >= 0.3 is 0 Å². The van der Waals surface area contributed by atoms with Gasteiger partial charge in [0.15, 0.2) is 0 Å². The van der Waals surface area contributed by atoms with E-state index in [9.17, 15) is 14.7 Å². The van der Waals surface area contributed by atoms with E-state index in [4.69, 9.17) is 5.73 Å². The van der Waals surface area contributed by atoms with Crippen LogP contribution in [0.2, 0.25) is 0 Å². The first kappa shape index (κ1) is 26.3. The number of halogens is 1. The van der Waals surface area contributed by atoms with E-state index in [2.05, 4.69) is 10.3 Å². The van der Waals surface area contributed by atoms with Crippen LogP contribution in [0.5, 0.6) is 0 Å². The lowest BCUT2D eigenvalue weighted by atomic mass is 9.86. The molecule has 1 fully saturated rings. The zero-order chi connectivity index (χ0) is 22.9. The van der Waals surface area contributed by atoms with Crippen LogP contribution < -0.4 is 11.1 Å². The molecule has 2 aromatic rings. The number of hydrogen-bond acceptors (Lipinski definition) is 6. The summed E-state index contributed by atoms with van der Waals surface area (Å²) in [5.41, 5.74) is 10.6. The fourth-order valence-electron chi connectivity index (χ4n) is 3.75. The summed E-state index contributed by atoms with van der Waals surface area (Å²) in [5.74, 6) is -0.581. The highest BCUT2D eigenvalue weighted by Gasteiger charge is 2.42. The predicted octanol–water partition coefficient (Wildman–Crippen LogP) is 3.05. The number of likely N-dealkylation sites (tertiary alicyclic amines) is 1. The third-order valence-electron chi connectivity index (χ3n) is 5.84. The van der Waals surface area contributed by atoms with Crippen molar-refractivity contribution in [2.75, 3.05) is 6.54 Å². The van der Waals surface area contributed by atoms with Crippen LogP contribution in [0.3, 0.4) is 0 Å². The Morgan fingerprint density at radius 1 is 1.28 bits per heavy atom. The van der Waals surface area contributed by atoms with Crippen molar-refractivity contribution in [3.05, 3.63) is 41.0 Å². The van der Waals surface area contributed by atoms with Crippen molar-refractivity contribution in [1.29, 1.82) is 0 Å². The molecule has 4 atom stereocenters. The second kappa shape index (κ2) is 10.3. The second-order valence-electron chi connectivity index (χ2n) is 9.36. The second-order valence-corrected chi connectivity index (χ2v) is 10.2. The molecule has 7 nitrogen and oxygen atoms in total. The summed E-state index contributed by atoms with van der Waals surface area (Å²) >= 11 is 1.60. The summed E-state index contributed by atoms with van der Waals surface area (Å²) in [7, 11) is 0. The number of hydrogen-bond donors (Lipinski definition) is 3. The van der Waals surface area contributed by atoms with Gasteiger partial charge in [-0.3, -0.25) is 9.59 Å². The lowest BCUT2D eigenvalue weighted by Gasteiger charge is -2.32. The first-order valence-corrected chi connectivity index (χ1v) is 11.4. The summed E-state index contributed by atoms with van der Waals surface area (Å²) in [4.78, 5) is 32.7. The Balaban J connectivity index is 0.00000363. The van der Waals surface area contributed by atoms with Crippen LogP contribution in [-0.2, 0) is 9.59 Å². The predicted molar refractivity (Wildman–Crippen MR) is 130 cm³/mol. The molecule has 0 bridgehead atoms. The molecular weight excluding hydrogens is 448 g/mol. The van der Waals surface area contributed by atoms with Gasteiger partial charge < -0.3 is 21.1 Å². The lowest BCUT2D eigenvalue weighted by molar-refractivity contribution is -0.141. The minimum atomic E-state index is -0.742. The molecule has 4 N–H and O–H groups in total.